The maximum absolute atomic E-state index is 12.7. The maximum atomic E-state index is 12.7. The molecule has 1 amide bonds. The number of carbonyl (C=O) groups excluding carboxylic acids is 2. The van der Waals surface area contributed by atoms with E-state index in [0.717, 1.165) is 10.4 Å². The van der Waals surface area contributed by atoms with Crippen LogP contribution in [0.2, 0.25) is 0 Å². The fraction of sp³-hybridized carbons (Fsp3) is 0.138. The second-order valence-corrected chi connectivity index (χ2v) is 10.6. The number of hydrogen-bond donors (Lipinski definition) is 3. The number of esters is 1. The molecule has 0 unspecified atom stereocenters. The number of carbonyl (C=O) groups is 2. The van der Waals surface area contributed by atoms with Gasteiger partial charge < -0.3 is 35.3 Å². The molecule has 5 rings (SSSR count). The lowest BCUT2D eigenvalue weighted by Crippen LogP contribution is -2.14. The Morgan fingerprint density at radius 2 is 1.67 bits per heavy atom. The molecule has 2 aromatic carbocycles. The van der Waals surface area contributed by atoms with Gasteiger partial charge in [0.05, 0.1) is 39.7 Å². The van der Waals surface area contributed by atoms with Gasteiger partial charge in [0.25, 0.3) is 5.91 Å². The summed E-state index contributed by atoms with van der Waals surface area (Å²) in [6.07, 6.45) is 1.30. The van der Waals surface area contributed by atoms with Crippen LogP contribution in [0.1, 0.15) is 20.8 Å². The van der Waals surface area contributed by atoms with Crippen LogP contribution in [0.15, 0.2) is 60.1 Å². The van der Waals surface area contributed by atoms with Gasteiger partial charge >= 0.3 is 5.97 Å². The minimum atomic E-state index is -0.527. The lowest BCUT2D eigenvalue weighted by Gasteiger charge is -2.14. The Bertz CT molecular complexity index is 1760. The van der Waals surface area contributed by atoms with Crippen molar-refractivity contribution in [2.75, 3.05) is 44.8 Å². The van der Waals surface area contributed by atoms with E-state index in [1.807, 2.05) is 23.6 Å². The molecule has 0 aliphatic heterocycles. The van der Waals surface area contributed by atoms with Crippen molar-refractivity contribution in [3.8, 4) is 38.4 Å². The number of anilines is 4. The van der Waals surface area contributed by atoms with Gasteiger partial charge in [-0.25, -0.2) is 14.8 Å². The summed E-state index contributed by atoms with van der Waals surface area (Å²) in [6.45, 7) is 0. The first-order chi connectivity index (χ1) is 20.8. The molecule has 0 aliphatic carbocycles. The van der Waals surface area contributed by atoms with E-state index in [1.54, 1.807) is 39.5 Å². The normalized spacial score (nSPS) is 10.6. The summed E-state index contributed by atoms with van der Waals surface area (Å²) in [5.41, 5.74) is 9.45. The van der Waals surface area contributed by atoms with Gasteiger partial charge in [-0.1, -0.05) is 23.5 Å². The summed E-state index contributed by atoms with van der Waals surface area (Å²) in [5.74, 6) is 0.889. The molecule has 43 heavy (non-hydrogen) atoms. The molecular formula is C29H26N6O6S2. The molecule has 220 valence electrons. The van der Waals surface area contributed by atoms with Crippen LogP contribution in [0.5, 0.6) is 17.2 Å². The molecule has 12 nitrogen and oxygen atoms in total. The van der Waals surface area contributed by atoms with Crippen molar-refractivity contribution in [2.45, 2.75) is 0 Å². The molecule has 4 N–H and O–H groups in total. The van der Waals surface area contributed by atoms with Crippen LogP contribution in [0.25, 0.3) is 21.1 Å². The van der Waals surface area contributed by atoms with E-state index < -0.39 is 11.9 Å². The fourth-order valence-corrected chi connectivity index (χ4v) is 5.88. The predicted octanol–water partition coefficient (Wildman–Crippen LogP) is 5.72. The van der Waals surface area contributed by atoms with Gasteiger partial charge in [0.2, 0.25) is 5.75 Å². The quantitative estimate of drug-likeness (QED) is 0.164. The number of nitrogens with one attached hydrogen (secondary N) is 2. The number of nitrogens with two attached hydrogens (primary N) is 1. The van der Waals surface area contributed by atoms with E-state index >= 15 is 0 Å². The van der Waals surface area contributed by atoms with Crippen LogP contribution in [0, 0.1) is 0 Å². The van der Waals surface area contributed by atoms with Gasteiger partial charge in [0.1, 0.15) is 21.4 Å². The van der Waals surface area contributed by atoms with E-state index in [0.29, 0.717) is 50.3 Å². The molecule has 0 bridgehead atoms. The average molecular weight is 619 g/mol. The smallest absolute Gasteiger partial charge is 0.339 e. The third kappa shape index (κ3) is 6.34. The molecule has 3 heterocycles. The number of hydrogen-bond acceptors (Lipinski definition) is 13. The Kier molecular flexibility index (Phi) is 8.69. The van der Waals surface area contributed by atoms with Crippen LogP contribution < -0.4 is 30.6 Å². The number of pyridine rings is 1. The third-order valence-corrected chi connectivity index (χ3v) is 8.08. The van der Waals surface area contributed by atoms with Crippen LogP contribution >= 0.6 is 22.7 Å². The first kappa shape index (κ1) is 29.3. The fourth-order valence-electron chi connectivity index (χ4n) is 4.04. The molecule has 3 aromatic heterocycles. The standard InChI is InChI=1S/C29H26N6O6S2/c1-38-21-11-18(12-22(39-2)23(21)40-3)33-29-35-25(30)24(43-29)27-34-20(14-42-27)15-6-5-7-17(10-15)32-26(36)19-9-8-16(13-31-19)28(37)41-4/h5-14H,30H2,1-4H3,(H,32,36)(H,33,35). The van der Waals surface area contributed by atoms with Gasteiger partial charge in [0, 0.05) is 40.6 Å². The van der Waals surface area contributed by atoms with Gasteiger partial charge in [-0.2, -0.15) is 0 Å². The van der Waals surface area contributed by atoms with Crippen molar-refractivity contribution in [3.05, 3.63) is 71.4 Å². The van der Waals surface area contributed by atoms with Crippen LogP contribution in [0.4, 0.5) is 22.3 Å². The summed E-state index contributed by atoms with van der Waals surface area (Å²) in [5, 5.41) is 9.25. The number of nitrogen functional groups attached to an aromatic ring is 1. The number of methoxy groups -OCH3 is 4. The average Bonchev–Trinajstić information content (AvgIpc) is 3.66. The minimum absolute atomic E-state index is 0.158. The lowest BCUT2D eigenvalue weighted by molar-refractivity contribution is 0.0600. The molecular weight excluding hydrogens is 592 g/mol. The molecule has 0 atom stereocenters. The van der Waals surface area contributed by atoms with Crippen molar-refractivity contribution >= 4 is 56.9 Å². The molecule has 0 saturated carbocycles. The molecule has 5 aromatic rings. The Morgan fingerprint density at radius 3 is 2.33 bits per heavy atom. The van der Waals surface area contributed by atoms with E-state index in [1.165, 1.54) is 48.1 Å². The van der Waals surface area contributed by atoms with Gasteiger partial charge in [-0.3, -0.25) is 9.78 Å². The zero-order valence-corrected chi connectivity index (χ0v) is 25.1. The van der Waals surface area contributed by atoms with E-state index in [9.17, 15) is 9.59 Å². The van der Waals surface area contributed by atoms with Crippen molar-refractivity contribution in [2.24, 2.45) is 0 Å². The van der Waals surface area contributed by atoms with Gasteiger partial charge in [0.15, 0.2) is 16.6 Å². The van der Waals surface area contributed by atoms with Crippen molar-refractivity contribution in [3.63, 3.8) is 0 Å². The summed E-state index contributed by atoms with van der Waals surface area (Å²) in [6, 6.07) is 13.8. The molecule has 14 heteroatoms. The highest BCUT2D eigenvalue weighted by molar-refractivity contribution is 7.23. The lowest BCUT2D eigenvalue weighted by atomic mass is 10.1. The van der Waals surface area contributed by atoms with Crippen LogP contribution in [-0.2, 0) is 4.74 Å². The highest BCUT2D eigenvalue weighted by Gasteiger charge is 2.18. The SMILES string of the molecule is COC(=O)c1ccc(C(=O)Nc2cccc(-c3csc(-c4sc(Nc5cc(OC)c(OC)c(OC)c5)nc4N)n3)c2)nc1. The molecule has 0 fully saturated rings. The summed E-state index contributed by atoms with van der Waals surface area (Å²) in [4.78, 5) is 38.4. The van der Waals surface area contributed by atoms with E-state index in [-0.39, 0.29) is 11.3 Å². The Balaban J connectivity index is 1.32. The second-order valence-electron chi connectivity index (χ2n) is 8.77. The van der Waals surface area contributed by atoms with Crippen molar-refractivity contribution in [1.29, 1.82) is 0 Å². The first-order valence-corrected chi connectivity index (χ1v) is 14.3. The number of benzene rings is 2. The Hall–Kier alpha value is -5.21. The number of thiazole rings is 2. The zero-order chi connectivity index (χ0) is 30.5. The largest absolute Gasteiger partial charge is 0.493 e. The van der Waals surface area contributed by atoms with Crippen molar-refractivity contribution in [1.82, 2.24) is 15.0 Å². The number of aromatic nitrogens is 3. The zero-order valence-electron chi connectivity index (χ0n) is 23.5. The number of rotatable bonds is 10. The van der Waals surface area contributed by atoms with Gasteiger partial charge in [-0.05, 0) is 24.3 Å². The molecule has 0 saturated heterocycles. The topological polar surface area (TPSA) is 160 Å². The number of nitrogens with zero attached hydrogens (tertiary/aromatic N) is 3. The predicted molar refractivity (Wildman–Crippen MR) is 166 cm³/mol. The van der Waals surface area contributed by atoms with E-state index in [2.05, 4.69) is 25.3 Å². The van der Waals surface area contributed by atoms with Crippen LogP contribution in [-0.4, -0.2) is 55.3 Å². The van der Waals surface area contributed by atoms with Crippen LogP contribution in [0.3, 0.4) is 0 Å². The van der Waals surface area contributed by atoms with E-state index in [4.69, 9.17) is 24.9 Å². The number of ether oxygens (including phenoxy) is 4. The Morgan fingerprint density at radius 1 is 0.907 bits per heavy atom. The minimum Gasteiger partial charge on any atom is -0.493 e. The summed E-state index contributed by atoms with van der Waals surface area (Å²) >= 11 is 2.79. The molecule has 0 radical (unpaired) electrons. The van der Waals surface area contributed by atoms with Crippen molar-refractivity contribution < 1.29 is 28.5 Å². The maximum Gasteiger partial charge on any atom is 0.339 e. The molecule has 0 spiro atoms. The summed E-state index contributed by atoms with van der Waals surface area (Å²) in [7, 11) is 5.92. The second kappa shape index (κ2) is 12.8. The summed E-state index contributed by atoms with van der Waals surface area (Å²) < 4.78 is 20.9. The van der Waals surface area contributed by atoms with Gasteiger partial charge in [-0.15, -0.1) is 11.3 Å². The monoisotopic (exact) mass is 618 g/mol. The first-order valence-electron chi connectivity index (χ1n) is 12.6. The third-order valence-electron chi connectivity index (χ3n) is 6.10. The highest BCUT2D eigenvalue weighted by atomic mass is 32.1. The Labute approximate surface area is 254 Å². The number of amides is 1. The molecule has 0 aliphatic rings. The highest BCUT2D eigenvalue weighted by Crippen LogP contribution is 2.43.